The van der Waals surface area contributed by atoms with Crippen molar-refractivity contribution in [2.75, 3.05) is 24.7 Å². The molecular formula is C9H16N2O6S. The Morgan fingerprint density at radius 3 is 2.17 bits per heavy atom. The minimum Gasteiger partial charge on any atom is -0.489 e. The third kappa shape index (κ3) is 7.68. The van der Waals surface area contributed by atoms with Crippen LogP contribution in [0.1, 0.15) is 5.56 Å². The average molecular weight is 280 g/mol. The largest absolute Gasteiger partial charge is 0.489 e. The van der Waals surface area contributed by atoms with E-state index in [2.05, 4.69) is 0 Å². The minimum atomic E-state index is -4.67. The van der Waals surface area contributed by atoms with Gasteiger partial charge in [-0.25, -0.2) is 0 Å². The highest BCUT2D eigenvalue weighted by molar-refractivity contribution is 7.79. The lowest BCUT2D eigenvalue weighted by Gasteiger charge is -2.09. The Labute approximate surface area is 105 Å². The summed E-state index contributed by atoms with van der Waals surface area (Å²) in [6.45, 7) is 2.09. The third-order valence-electron chi connectivity index (χ3n) is 1.75. The number of anilines is 2. The van der Waals surface area contributed by atoms with Crippen LogP contribution in [-0.4, -0.2) is 35.8 Å². The number of aliphatic hydroxyl groups excluding tert-OH is 1. The van der Waals surface area contributed by atoms with Crippen LogP contribution in [0.4, 0.5) is 11.4 Å². The van der Waals surface area contributed by atoms with Gasteiger partial charge in [0.2, 0.25) is 0 Å². The van der Waals surface area contributed by atoms with Crippen molar-refractivity contribution in [3.8, 4) is 5.75 Å². The van der Waals surface area contributed by atoms with Crippen molar-refractivity contribution in [3.63, 3.8) is 0 Å². The molecule has 0 saturated heterocycles. The van der Waals surface area contributed by atoms with E-state index < -0.39 is 10.4 Å². The van der Waals surface area contributed by atoms with E-state index in [1.165, 1.54) is 0 Å². The van der Waals surface area contributed by atoms with E-state index in [-0.39, 0.29) is 13.2 Å². The molecule has 1 aromatic carbocycles. The highest BCUT2D eigenvalue weighted by Gasteiger charge is 2.03. The molecule has 0 aromatic heterocycles. The Hall–Kier alpha value is -1.55. The summed E-state index contributed by atoms with van der Waals surface area (Å²) in [5.41, 5.74) is 13.3. The van der Waals surface area contributed by atoms with Gasteiger partial charge in [-0.15, -0.1) is 0 Å². The smallest absolute Gasteiger partial charge is 0.394 e. The number of aryl methyl sites for hydroxylation is 1. The quantitative estimate of drug-likeness (QED) is 0.379. The number of ether oxygens (including phenoxy) is 1. The number of hydrogen-bond donors (Lipinski definition) is 5. The van der Waals surface area contributed by atoms with Gasteiger partial charge >= 0.3 is 10.4 Å². The zero-order chi connectivity index (χ0) is 14.3. The van der Waals surface area contributed by atoms with E-state index in [1.807, 2.05) is 6.92 Å². The Balaban J connectivity index is 0.000000494. The van der Waals surface area contributed by atoms with Gasteiger partial charge in [-0.3, -0.25) is 9.11 Å². The summed E-state index contributed by atoms with van der Waals surface area (Å²) in [4.78, 5) is 0. The molecule has 0 aliphatic carbocycles. The van der Waals surface area contributed by atoms with Crippen LogP contribution in [0, 0.1) is 6.92 Å². The van der Waals surface area contributed by atoms with E-state index in [0.717, 1.165) is 5.56 Å². The van der Waals surface area contributed by atoms with E-state index in [1.54, 1.807) is 12.1 Å². The number of benzene rings is 1. The summed E-state index contributed by atoms with van der Waals surface area (Å²) in [6, 6.07) is 3.42. The van der Waals surface area contributed by atoms with E-state index in [4.69, 9.17) is 38.8 Å². The van der Waals surface area contributed by atoms with Crippen LogP contribution < -0.4 is 16.2 Å². The first-order chi connectivity index (χ1) is 8.15. The molecule has 0 fully saturated rings. The Morgan fingerprint density at radius 2 is 1.72 bits per heavy atom. The Bertz CT molecular complexity index is 480. The number of nitrogen functional groups attached to an aromatic ring is 2. The van der Waals surface area contributed by atoms with Gasteiger partial charge in [0.15, 0.2) is 0 Å². The molecular weight excluding hydrogens is 264 g/mol. The fourth-order valence-electron chi connectivity index (χ4n) is 0.996. The van der Waals surface area contributed by atoms with Gasteiger partial charge < -0.3 is 21.3 Å². The van der Waals surface area contributed by atoms with Crippen LogP contribution in [0.15, 0.2) is 12.1 Å². The molecule has 8 nitrogen and oxygen atoms in total. The van der Waals surface area contributed by atoms with Crippen molar-refractivity contribution in [1.82, 2.24) is 0 Å². The lowest BCUT2D eigenvalue weighted by Crippen LogP contribution is -2.05. The molecule has 0 aliphatic rings. The molecule has 0 heterocycles. The molecule has 0 bridgehead atoms. The van der Waals surface area contributed by atoms with Crippen LogP contribution in [0.25, 0.3) is 0 Å². The molecule has 0 amide bonds. The molecule has 0 radical (unpaired) electrons. The van der Waals surface area contributed by atoms with Gasteiger partial charge in [0.1, 0.15) is 12.4 Å². The highest BCUT2D eigenvalue weighted by atomic mass is 32.3. The van der Waals surface area contributed by atoms with Crippen LogP contribution in [0.2, 0.25) is 0 Å². The molecule has 7 N–H and O–H groups in total. The topological polar surface area (TPSA) is 156 Å². The van der Waals surface area contributed by atoms with Crippen molar-refractivity contribution in [3.05, 3.63) is 17.7 Å². The number of aliphatic hydroxyl groups is 1. The number of hydrogen-bond acceptors (Lipinski definition) is 6. The summed E-state index contributed by atoms with van der Waals surface area (Å²) in [6.07, 6.45) is 0. The molecule has 0 aliphatic heterocycles. The monoisotopic (exact) mass is 280 g/mol. The second-order valence-corrected chi connectivity index (χ2v) is 4.16. The second kappa shape index (κ2) is 7.01. The summed E-state index contributed by atoms with van der Waals surface area (Å²) < 4.78 is 36.8. The molecule has 0 spiro atoms. The van der Waals surface area contributed by atoms with E-state index in [9.17, 15) is 0 Å². The predicted molar refractivity (Wildman–Crippen MR) is 66.8 cm³/mol. The minimum absolute atomic E-state index is 0.0249. The molecule has 1 aromatic rings. The van der Waals surface area contributed by atoms with E-state index in [0.29, 0.717) is 17.1 Å². The zero-order valence-electron chi connectivity index (χ0n) is 9.70. The summed E-state index contributed by atoms with van der Waals surface area (Å²) >= 11 is 0. The van der Waals surface area contributed by atoms with Gasteiger partial charge in [-0.2, -0.15) is 8.42 Å². The van der Waals surface area contributed by atoms with Crippen LogP contribution in [0.5, 0.6) is 5.75 Å². The standard InChI is InChI=1S/C9H14N2O2.H2O4S/c1-6-4-9(13-3-2-12)8(11)5-7(6)10;1-5(2,3)4/h4-5,12H,2-3,10-11H2,1H3;(H2,1,2,3,4). The first-order valence-electron chi connectivity index (χ1n) is 4.74. The molecule has 0 saturated carbocycles. The maximum absolute atomic E-state index is 8.74. The van der Waals surface area contributed by atoms with Gasteiger partial charge in [-0.1, -0.05) is 0 Å². The van der Waals surface area contributed by atoms with E-state index >= 15 is 0 Å². The van der Waals surface area contributed by atoms with Crippen molar-refractivity contribution < 1.29 is 27.4 Å². The summed E-state index contributed by atoms with van der Waals surface area (Å²) in [5, 5.41) is 8.55. The third-order valence-corrected chi connectivity index (χ3v) is 1.75. The average Bonchev–Trinajstić information content (AvgIpc) is 2.19. The zero-order valence-corrected chi connectivity index (χ0v) is 10.5. The fourth-order valence-corrected chi connectivity index (χ4v) is 0.996. The van der Waals surface area contributed by atoms with Crippen LogP contribution >= 0.6 is 0 Å². The summed E-state index contributed by atoms with van der Waals surface area (Å²) in [7, 11) is -4.67. The number of rotatable bonds is 3. The first kappa shape index (κ1) is 16.4. The molecule has 0 atom stereocenters. The van der Waals surface area contributed by atoms with Crippen LogP contribution in [0.3, 0.4) is 0 Å². The van der Waals surface area contributed by atoms with Crippen LogP contribution in [-0.2, 0) is 10.4 Å². The molecule has 104 valence electrons. The fraction of sp³-hybridized carbons (Fsp3) is 0.333. The SMILES string of the molecule is Cc1cc(OCCO)c(N)cc1N.O=S(=O)(O)O. The normalized spacial score (nSPS) is 10.4. The second-order valence-electron chi connectivity index (χ2n) is 3.27. The van der Waals surface area contributed by atoms with Gasteiger partial charge in [-0.05, 0) is 24.6 Å². The van der Waals surface area contributed by atoms with Crippen molar-refractivity contribution in [2.45, 2.75) is 6.92 Å². The van der Waals surface area contributed by atoms with Crippen molar-refractivity contribution in [1.29, 1.82) is 0 Å². The Morgan fingerprint density at radius 1 is 1.22 bits per heavy atom. The molecule has 1 rings (SSSR count). The Kier molecular flexibility index (Phi) is 6.41. The molecule has 18 heavy (non-hydrogen) atoms. The van der Waals surface area contributed by atoms with Crippen molar-refractivity contribution >= 4 is 21.8 Å². The van der Waals surface area contributed by atoms with Gasteiger partial charge in [0.05, 0.1) is 12.3 Å². The lowest BCUT2D eigenvalue weighted by atomic mass is 10.2. The van der Waals surface area contributed by atoms with Crippen molar-refractivity contribution in [2.24, 2.45) is 0 Å². The maximum Gasteiger partial charge on any atom is 0.394 e. The highest BCUT2D eigenvalue weighted by Crippen LogP contribution is 2.26. The predicted octanol–water partition coefficient (Wildman–Crippen LogP) is -0.122. The first-order valence-corrected chi connectivity index (χ1v) is 6.14. The maximum atomic E-state index is 8.74. The molecule has 0 unspecified atom stereocenters. The van der Waals surface area contributed by atoms with Gasteiger partial charge in [0, 0.05) is 5.69 Å². The molecule has 9 heteroatoms. The van der Waals surface area contributed by atoms with Gasteiger partial charge in [0.25, 0.3) is 0 Å². The summed E-state index contributed by atoms with van der Waals surface area (Å²) in [5.74, 6) is 0.570. The lowest BCUT2D eigenvalue weighted by molar-refractivity contribution is 0.202. The number of nitrogens with two attached hydrogens (primary N) is 2.